The van der Waals surface area contributed by atoms with Crippen LogP contribution in [0.1, 0.15) is 264 Å². The Balaban J connectivity index is 4.28. The first-order valence-corrected chi connectivity index (χ1v) is 33.9. The Labute approximate surface area is 488 Å². The highest BCUT2D eigenvalue weighted by atomic mass is 31.2. The molecule has 0 saturated heterocycles. The van der Waals surface area contributed by atoms with Crippen LogP contribution in [0.2, 0.25) is 0 Å². The van der Waals surface area contributed by atoms with Crippen molar-refractivity contribution in [3.63, 3.8) is 0 Å². The van der Waals surface area contributed by atoms with E-state index in [2.05, 4.69) is 129 Å². The first-order valence-electron chi connectivity index (χ1n) is 32.4. The number of likely N-dealkylation sites (N-methyl/N-ethyl adjacent to an activating group) is 1. The summed E-state index contributed by atoms with van der Waals surface area (Å²) < 4.78 is 23.4. The molecule has 0 aromatic carbocycles. The number of hydrogen-bond donors (Lipinski definition) is 2. The van der Waals surface area contributed by atoms with E-state index in [0.29, 0.717) is 17.4 Å². The summed E-state index contributed by atoms with van der Waals surface area (Å²) in [6.45, 7) is 4.50. The molecule has 0 spiro atoms. The molecule has 79 heavy (non-hydrogen) atoms. The van der Waals surface area contributed by atoms with Crippen molar-refractivity contribution in [3.05, 3.63) is 122 Å². The van der Waals surface area contributed by atoms with Crippen molar-refractivity contribution in [2.24, 2.45) is 0 Å². The molecule has 0 aliphatic rings. The second-order valence-corrected chi connectivity index (χ2v) is 24.1. The van der Waals surface area contributed by atoms with Gasteiger partial charge in [-0.25, -0.2) is 0 Å². The van der Waals surface area contributed by atoms with Crippen LogP contribution in [0.5, 0.6) is 0 Å². The minimum atomic E-state index is -4.63. The smallest absolute Gasteiger partial charge is 0.268 e. The van der Waals surface area contributed by atoms with Gasteiger partial charge in [0.05, 0.1) is 39.9 Å². The first-order chi connectivity index (χ1) is 38.5. The molecule has 0 aliphatic carbocycles. The van der Waals surface area contributed by atoms with Crippen LogP contribution in [0.15, 0.2) is 122 Å². The molecular formula is C70H123N2O6P. The third-order valence-corrected chi connectivity index (χ3v) is 14.9. The summed E-state index contributed by atoms with van der Waals surface area (Å²) in [6.07, 6.45) is 88.8. The number of aliphatic hydroxyl groups is 1. The number of phosphoric ester groups is 1. The second kappa shape index (κ2) is 59.5. The number of carbonyl (C=O) groups excluding carboxylic acids is 1. The van der Waals surface area contributed by atoms with Crippen molar-refractivity contribution < 1.29 is 32.9 Å². The lowest BCUT2D eigenvalue weighted by molar-refractivity contribution is -0.870. The fraction of sp³-hybridized carbons (Fsp3) is 0.700. The Kier molecular flexibility index (Phi) is 57.2. The highest BCUT2D eigenvalue weighted by molar-refractivity contribution is 7.45. The highest BCUT2D eigenvalue weighted by Gasteiger charge is 2.23. The molecule has 0 fully saturated rings. The van der Waals surface area contributed by atoms with Crippen LogP contribution in [0, 0.1) is 0 Å². The lowest BCUT2D eigenvalue weighted by Crippen LogP contribution is -2.45. The van der Waals surface area contributed by atoms with Gasteiger partial charge in [0.25, 0.3) is 7.82 Å². The predicted octanol–water partition coefficient (Wildman–Crippen LogP) is 19.9. The van der Waals surface area contributed by atoms with Gasteiger partial charge < -0.3 is 28.8 Å². The normalized spacial score (nSPS) is 14.6. The molecule has 9 heteroatoms. The van der Waals surface area contributed by atoms with Crippen LogP contribution in [0.4, 0.5) is 0 Å². The second-order valence-electron chi connectivity index (χ2n) is 22.7. The third kappa shape index (κ3) is 62.4. The van der Waals surface area contributed by atoms with Crippen LogP contribution in [-0.4, -0.2) is 68.5 Å². The van der Waals surface area contributed by atoms with Crippen molar-refractivity contribution in [1.29, 1.82) is 0 Å². The molecule has 0 aliphatic heterocycles. The number of rotatable bonds is 58. The maximum atomic E-state index is 13.0. The number of amides is 1. The van der Waals surface area contributed by atoms with Gasteiger partial charge in [0.15, 0.2) is 0 Å². The molecule has 3 unspecified atom stereocenters. The van der Waals surface area contributed by atoms with E-state index in [0.717, 1.165) is 83.5 Å². The average molecular weight is 1120 g/mol. The molecular weight excluding hydrogens is 996 g/mol. The number of carbonyl (C=O) groups is 1. The minimum Gasteiger partial charge on any atom is -0.756 e. The average Bonchev–Trinajstić information content (AvgIpc) is 3.42. The Morgan fingerprint density at radius 1 is 0.456 bits per heavy atom. The van der Waals surface area contributed by atoms with E-state index in [9.17, 15) is 19.4 Å². The molecule has 0 radical (unpaired) electrons. The van der Waals surface area contributed by atoms with E-state index in [-0.39, 0.29) is 18.9 Å². The maximum absolute atomic E-state index is 13.0. The number of unbranched alkanes of at least 4 members (excludes halogenated alkanes) is 27. The molecule has 0 bridgehead atoms. The Morgan fingerprint density at radius 2 is 0.772 bits per heavy atom. The fourth-order valence-corrected chi connectivity index (χ4v) is 9.64. The summed E-state index contributed by atoms with van der Waals surface area (Å²) in [5.41, 5.74) is 0. The molecule has 0 saturated carbocycles. The van der Waals surface area contributed by atoms with Crippen molar-refractivity contribution >= 4 is 13.7 Å². The largest absolute Gasteiger partial charge is 0.756 e. The molecule has 3 atom stereocenters. The quantitative estimate of drug-likeness (QED) is 0.0272. The fourth-order valence-electron chi connectivity index (χ4n) is 8.92. The van der Waals surface area contributed by atoms with Crippen LogP contribution in [-0.2, 0) is 18.4 Å². The zero-order valence-electron chi connectivity index (χ0n) is 51.8. The number of quaternary nitrogens is 1. The van der Waals surface area contributed by atoms with Gasteiger partial charge in [-0.15, -0.1) is 0 Å². The van der Waals surface area contributed by atoms with Gasteiger partial charge in [0.1, 0.15) is 13.2 Å². The zero-order valence-corrected chi connectivity index (χ0v) is 52.7. The van der Waals surface area contributed by atoms with Crippen LogP contribution < -0.4 is 10.2 Å². The van der Waals surface area contributed by atoms with E-state index in [1.54, 1.807) is 6.08 Å². The minimum absolute atomic E-state index is 0.0184. The summed E-state index contributed by atoms with van der Waals surface area (Å²) in [4.78, 5) is 25.6. The van der Waals surface area contributed by atoms with Crippen molar-refractivity contribution in [2.75, 3.05) is 40.9 Å². The molecule has 1 amide bonds. The van der Waals surface area contributed by atoms with Crippen molar-refractivity contribution in [3.8, 4) is 0 Å². The Bertz CT molecular complexity index is 1700. The predicted molar refractivity (Wildman–Crippen MR) is 343 cm³/mol. The van der Waals surface area contributed by atoms with Gasteiger partial charge in [-0.2, -0.15) is 0 Å². The van der Waals surface area contributed by atoms with Gasteiger partial charge >= 0.3 is 0 Å². The van der Waals surface area contributed by atoms with Crippen LogP contribution in [0.3, 0.4) is 0 Å². The summed E-state index contributed by atoms with van der Waals surface area (Å²) in [6, 6.07) is -0.928. The molecule has 0 aromatic rings. The van der Waals surface area contributed by atoms with Crippen LogP contribution >= 0.6 is 7.82 Å². The van der Waals surface area contributed by atoms with Gasteiger partial charge in [0, 0.05) is 6.42 Å². The van der Waals surface area contributed by atoms with E-state index in [1.807, 2.05) is 27.2 Å². The van der Waals surface area contributed by atoms with Gasteiger partial charge in [-0.3, -0.25) is 9.36 Å². The number of aliphatic hydroxyl groups excluding tert-OH is 1. The number of hydrogen-bond acceptors (Lipinski definition) is 6. The number of nitrogens with zero attached hydrogens (tertiary/aromatic N) is 1. The lowest BCUT2D eigenvalue weighted by atomic mass is 10.0. The summed E-state index contributed by atoms with van der Waals surface area (Å²) in [7, 11) is 1.21. The number of allylic oxidation sites excluding steroid dienone is 19. The molecule has 0 aromatic heterocycles. The topological polar surface area (TPSA) is 108 Å². The Morgan fingerprint density at radius 3 is 1.11 bits per heavy atom. The number of phosphoric acid groups is 1. The summed E-state index contributed by atoms with van der Waals surface area (Å²) >= 11 is 0. The first kappa shape index (κ1) is 75.9. The van der Waals surface area contributed by atoms with Gasteiger partial charge in [-0.1, -0.05) is 296 Å². The molecule has 8 nitrogen and oxygen atoms in total. The summed E-state index contributed by atoms with van der Waals surface area (Å²) in [5, 5.41) is 13.9. The maximum Gasteiger partial charge on any atom is 0.268 e. The standard InChI is InChI=1S/C70H123N2O6P/c1-6-8-10-12-14-16-18-20-22-24-26-28-30-32-34-36-38-40-42-44-46-48-50-52-54-56-58-60-62-64-70(74)71-68(67-78-79(75,76)77-66-65-72(3,4)5)69(73)63-61-59-57-55-53-51-49-47-45-43-41-39-37-35-33-31-29-27-25-23-21-19-17-15-13-11-9-7-2/h8,10,14,16,20,22,26,28,32,34,38,40,44,46,50,52,56,58,61,63,68-69,73H,6-7,9,11-13,15,17-19,21,23-25,27,29-31,33,35-37,39,41-43,45,47-49,51,53-55,57,59-60,62,64-67H2,1-5H3,(H-,71,74,75,76)/b10-8-,16-14-,22-20-,28-26-,34-32-,40-38-,46-44-,52-50-,58-56-,63-61+. The molecule has 2 N–H and O–H groups in total. The third-order valence-electron chi connectivity index (χ3n) is 13.9. The summed E-state index contributed by atoms with van der Waals surface area (Å²) in [5.74, 6) is -0.257. The molecule has 0 heterocycles. The van der Waals surface area contributed by atoms with Gasteiger partial charge in [-0.05, 0) is 83.5 Å². The SMILES string of the molecule is CC/C=C\C/C=C\C/C=C\C/C=C\C/C=C\C/C=C\C/C=C\C/C=C\C/C=C\CCCC(=O)NC(COP(=O)([O-])OCC[N+](C)(C)C)C(O)/C=C/CCCCCCCCCCCCCCCCCCCCCCCCCCCC. The van der Waals surface area contributed by atoms with Gasteiger partial charge in [0.2, 0.25) is 5.91 Å². The van der Waals surface area contributed by atoms with Crippen molar-refractivity contribution in [2.45, 2.75) is 276 Å². The molecule has 0 rings (SSSR count). The number of nitrogens with one attached hydrogen (secondary N) is 1. The van der Waals surface area contributed by atoms with E-state index >= 15 is 0 Å². The Hall–Kier alpha value is -3.10. The molecule has 454 valence electrons. The van der Waals surface area contributed by atoms with Crippen LogP contribution in [0.25, 0.3) is 0 Å². The highest BCUT2D eigenvalue weighted by Crippen LogP contribution is 2.38. The lowest BCUT2D eigenvalue weighted by Gasteiger charge is -2.29. The van der Waals surface area contributed by atoms with E-state index < -0.39 is 26.6 Å². The van der Waals surface area contributed by atoms with Crippen molar-refractivity contribution in [1.82, 2.24) is 5.32 Å². The van der Waals surface area contributed by atoms with E-state index in [4.69, 9.17) is 9.05 Å². The van der Waals surface area contributed by atoms with E-state index in [1.165, 1.54) is 154 Å². The monoisotopic (exact) mass is 1120 g/mol. The zero-order chi connectivity index (χ0) is 57.7.